The number of hydrogen-bond donors (Lipinski definition) is 2. The monoisotopic (exact) mass is 278 g/mol. The second-order valence-electron chi connectivity index (χ2n) is 5.27. The third kappa shape index (κ3) is 4.21. The van der Waals surface area contributed by atoms with Crippen molar-refractivity contribution in [3.05, 3.63) is 24.3 Å². The number of amides is 1. The van der Waals surface area contributed by atoms with Crippen LogP contribution in [0.15, 0.2) is 24.3 Å². The van der Waals surface area contributed by atoms with Crippen LogP contribution in [-0.4, -0.2) is 37.8 Å². The molecule has 2 rings (SSSR count). The van der Waals surface area contributed by atoms with Gasteiger partial charge in [-0.2, -0.15) is 0 Å². The van der Waals surface area contributed by atoms with Crippen LogP contribution >= 0.6 is 0 Å². The van der Waals surface area contributed by atoms with Crippen LogP contribution < -0.4 is 15.4 Å². The number of ether oxygens (including phenoxy) is 2. The molecule has 1 aliphatic heterocycles. The zero-order valence-electron chi connectivity index (χ0n) is 12.1. The van der Waals surface area contributed by atoms with Gasteiger partial charge in [0.15, 0.2) is 0 Å². The minimum absolute atomic E-state index is 0.0677. The largest absolute Gasteiger partial charge is 0.494 e. The van der Waals surface area contributed by atoms with Crippen LogP contribution in [0.1, 0.15) is 20.3 Å². The first kappa shape index (κ1) is 14.8. The second kappa shape index (κ2) is 6.72. The van der Waals surface area contributed by atoms with Crippen LogP contribution in [0.3, 0.4) is 0 Å². The van der Waals surface area contributed by atoms with Gasteiger partial charge in [-0.15, -0.1) is 0 Å². The Kier molecular flexibility index (Phi) is 4.98. The summed E-state index contributed by atoms with van der Waals surface area (Å²) in [5.74, 6) is 0.617. The third-order valence-corrected chi connectivity index (χ3v) is 3.14. The van der Waals surface area contributed by atoms with Crippen LogP contribution in [0.25, 0.3) is 0 Å². The molecule has 0 saturated carbocycles. The molecule has 1 amide bonds. The fourth-order valence-corrected chi connectivity index (χ4v) is 1.90. The van der Waals surface area contributed by atoms with Crippen molar-refractivity contribution in [2.75, 3.05) is 31.6 Å². The van der Waals surface area contributed by atoms with Crippen molar-refractivity contribution in [2.45, 2.75) is 25.9 Å². The molecule has 5 nitrogen and oxygen atoms in total. The molecule has 0 atom stereocenters. The van der Waals surface area contributed by atoms with Crippen molar-refractivity contribution in [1.29, 1.82) is 0 Å². The fraction of sp³-hybridized carbons (Fsp3) is 0.533. The van der Waals surface area contributed by atoms with Crippen LogP contribution in [0.4, 0.5) is 5.69 Å². The number of anilines is 1. The Balaban J connectivity index is 1.81. The number of carbonyl (C=O) groups is 1. The Bertz CT molecular complexity index is 458. The van der Waals surface area contributed by atoms with Gasteiger partial charge < -0.3 is 20.1 Å². The fourth-order valence-electron chi connectivity index (χ4n) is 1.90. The highest BCUT2D eigenvalue weighted by Gasteiger charge is 2.32. The first-order valence-corrected chi connectivity index (χ1v) is 6.99. The number of benzene rings is 1. The summed E-state index contributed by atoms with van der Waals surface area (Å²) in [6.07, 6.45) is 0.955. The molecule has 0 spiro atoms. The molecule has 2 N–H and O–H groups in total. The Morgan fingerprint density at radius 3 is 2.90 bits per heavy atom. The van der Waals surface area contributed by atoms with Gasteiger partial charge in [-0.1, -0.05) is 13.0 Å². The highest BCUT2D eigenvalue weighted by atomic mass is 16.5. The number of rotatable bonds is 7. The van der Waals surface area contributed by atoms with Gasteiger partial charge in [0.25, 0.3) is 0 Å². The average Bonchev–Trinajstić information content (AvgIpc) is 2.41. The van der Waals surface area contributed by atoms with E-state index in [0.29, 0.717) is 6.61 Å². The molecule has 0 bridgehead atoms. The number of hydrogen-bond acceptors (Lipinski definition) is 4. The second-order valence-corrected chi connectivity index (χ2v) is 5.27. The summed E-state index contributed by atoms with van der Waals surface area (Å²) in [6, 6.07) is 7.39. The topological polar surface area (TPSA) is 59.6 Å². The van der Waals surface area contributed by atoms with Crippen molar-refractivity contribution in [3.63, 3.8) is 0 Å². The minimum atomic E-state index is -0.205. The average molecular weight is 278 g/mol. The molecule has 0 aromatic heterocycles. The predicted molar refractivity (Wildman–Crippen MR) is 78.1 cm³/mol. The van der Waals surface area contributed by atoms with Gasteiger partial charge in [-0.05, 0) is 25.5 Å². The molecule has 1 aliphatic rings. The molecule has 110 valence electrons. The quantitative estimate of drug-likeness (QED) is 0.798. The van der Waals surface area contributed by atoms with E-state index in [-0.39, 0.29) is 18.1 Å². The van der Waals surface area contributed by atoms with Gasteiger partial charge in [0, 0.05) is 24.8 Å². The van der Waals surface area contributed by atoms with E-state index in [2.05, 4.69) is 17.6 Å². The molecule has 1 fully saturated rings. The first-order valence-electron chi connectivity index (χ1n) is 6.99. The van der Waals surface area contributed by atoms with E-state index in [1.54, 1.807) is 0 Å². The Hall–Kier alpha value is -1.59. The van der Waals surface area contributed by atoms with Crippen molar-refractivity contribution in [2.24, 2.45) is 0 Å². The number of nitrogens with one attached hydrogen (secondary N) is 2. The molecular weight excluding hydrogens is 256 g/mol. The first-order chi connectivity index (χ1) is 9.61. The van der Waals surface area contributed by atoms with Gasteiger partial charge in [-0.3, -0.25) is 4.79 Å². The van der Waals surface area contributed by atoms with E-state index in [1.165, 1.54) is 0 Å². The van der Waals surface area contributed by atoms with Crippen molar-refractivity contribution < 1.29 is 14.3 Å². The molecule has 0 aliphatic carbocycles. The molecule has 1 aromatic carbocycles. The Morgan fingerprint density at radius 2 is 2.25 bits per heavy atom. The summed E-state index contributed by atoms with van der Waals surface area (Å²) < 4.78 is 11.1. The predicted octanol–water partition coefficient (Wildman–Crippen LogP) is 1.79. The summed E-state index contributed by atoms with van der Waals surface area (Å²) in [4.78, 5) is 11.8. The lowest BCUT2D eigenvalue weighted by atomic mass is 10.0. The maximum absolute atomic E-state index is 11.8. The smallest absolute Gasteiger partial charge is 0.250 e. The van der Waals surface area contributed by atoms with Gasteiger partial charge in [-0.25, -0.2) is 0 Å². The third-order valence-electron chi connectivity index (χ3n) is 3.14. The standard InChI is InChI=1S/C15H22N2O3/c1-3-7-19-13-6-4-5-12(8-13)17-14(18)9-20-15(2)10-16-11-15/h4-6,8,16H,3,7,9-11H2,1-2H3,(H,17,18). The Labute approximate surface area is 119 Å². The summed E-state index contributed by atoms with van der Waals surface area (Å²) in [5.41, 5.74) is 0.521. The zero-order chi connectivity index (χ0) is 14.4. The van der Waals surface area contributed by atoms with Gasteiger partial charge in [0.2, 0.25) is 5.91 Å². The molecule has 1 saturated heterocycles. The lowest BCUT2D eigenvalue weighted by Gasteiger charge is -2.38. The molecule has 0 unspecified atom stereocenters. The minimum Gasteiger partial charge on any atom is -0.494 e. The van der Waals surface area contributed by atoms with E-state index in [9.17, 15) is 4.79 Å². The van der Waals surface area contributed by atoms with Gasteiger partial charge in [0.1, 0.15) is 12.4 Å². The number of carbonyl (C=O) groups excluding carboxylic acids is 1. The van der Waals surface area contributed by atoms with Crippen LogP contribution in [0, 0.1) is 0 Å². The summed E-state index contributed by atoms with van der Waals surface area (Å²) in [5, 5.41) is 5.94. The normalized spacial score (nSPS) is 16.3. The van der Waals surface area contributed by atoms with Gasteiger partial charge >= 0.3 is 0 Å². The molecule has 5 heteroatoms. The summed E-state index contributed by atoms with van der Waals surface area (Å²) in [7, 11) is 0. The van der Waals surface area contributed by atoms with E-state index in [4.69, 9.17) is 9.47 Å². The Morgan fingerprint density at radius 1 is 1.45 bits per heavy atom. The SMILES string of the molecule is CCCOc1cccc(NC(=O)COC2(C)CNC2)c1. The van der Waals surface area contributed by atoms with E-state index >= 15 is 0 Å². The highest BCUT2D eigenvalue weighted by molar-refractivity contribution is 5.91. The van der Waals surface area contributed by atoms with E-state index in [1.807, 2.05) is 31.2 Å². The van der Waals surface area contributed by atoms with Crippen LogP contribution in [0.2, 0.25) is 0 Å². The lowest BCUT2D eigenvalue weighted by Crippen LogP contribution is -2.59. The van der Waals surface area contributed by atoms with Crippen LogP contribution in [-0.2, 0) is 9.53 Å². The summed E-state index contributed by atoms with van der Waals surface area (Å²) >= 11 is 0. The lowest BCUT2D eigenvalue weighted by molar-refractivity contribution is -0.130. The zero-order valence-corrected chi connectivity index (χ0v) is 12.1. The van der Waals surface area contributed by atoms with Crippen molar-refractivity contribution >= 4 is 11.6 Å². The molecule has 20 heavy (non-hydrogen) atoms. The van der Waals surface area contributed by atoms with Crippen molar-refractivity contribution in [3.8, 4) is 5.75 Å². The summed E-state index contributed by atoms with van der Waals surface area (Å²) in [6.45, 7) is 6.38. The van der Waals surface area contributed by atoms with Gasteiger partial charge in [0.05, 0.1) is 12.2 Å². The molecule has 0 radical (unpaired) electrons. The maximum Gasteiger partial charge on any atom is 0.250 e. The van der Waals surface area contributed by atoms with Crippen molar-refractivity contribution in [1.82, 2.24) is 5.32 Å². The van der Waals surface area contributed by atoms with E-state index < -0.39 is 0 Å². The van der Waals surface area contributed by atoms with E-state index in [0.717, 1.165) is 30.9 Å². The highest BCUT2D eigenvalue weighted by Crippen LogP contribution is 2.18. The molecule has 1 aromatic rings. The molecular formula is C15H22N2O3. The van der Waals surface area contributed by atoms with Crippen LogP contribution in [0.5, 0.6) is 5.75 Å². The molecule has 1 heterocycles. The maximum atomic E-state index is 11.8.